The first kappa shape index (κ1) is 18.8. The number of hydrogen-bond donors (Lipinski definition) is 1. The van der Waals surface area contributed by atoms with Crippen molar-refractivity contribution in [2.45, 2.75) is 12.8 Å². The second-order valence-corrected chi connectivity index (χ2v) is 9.28. The molecule has 3 rings (SSSR count). The van der Waals surface area contributed by atoms with Crippen LogP contribution in [0.4, 0.5) is 5.00 Å². The molecule has 0 spiro atoms. The third kappa shape index (κ3) is 3.74. The number of nitrogens with one attached hydrogen (secondary N) is 1. The van der Waals surface area contributed by atoms with E-state index in [4.69, 9.17) is 4.74 Å². The lowest BCUT2D eigenvalue weighted by Crippen LogP contribution is -2.43. The summed E-state index contributed by atoms with van der Waals surface area (Å²) in [6.45, 7) is 0.585. The summed E-state index contributed by atoms with van der Waals surface area (Å²) in [5.41, 5.74) is 0.331. The molecule has 26 heavy (non-hydrogen) atoms. The van der Waals surface area contributed by atoms with Gasteiger partial charge in [-0.3, -0.25) is 4.79 Å². The van der Waals surface area contributed by atoms with E-state index in [1.54, 1.807) is 6.07 Å². The lowest BCUT2D eigenvalue weighted by atomic mass is 9.99. The summed E-state index contributed by atoms with van der Waals surface area (Å²) in [6.07, 6.45) is 2.38. The van der Waals surface area contributed by atoms with E-state index in [1.165, 1.54) is 22.8 Å². The van der Waals surface area contributed by atoms with Gasteiger partial charge in [-0.1, -0.05) is 18.2 Å². The molecule has 1 aromatic carbocycles. The Balaban J connectivity index is 1.86. The van der Waals surface area contributed by atoms with Gasteiger partial charge in [-0.25, -0.2) is 17.5 Å². The number of fused-ring (bicyclic) bond motifs is 1. The van der Waals surface area contributed by atoms with E-state index in [-0.39, 0.29) is 12.5 Å². The number of esters is 1. The predicted molar refractivity (Wildman–Crippen MR) is 101 cm³/mol. The molecule has 0 radical (unpaired) electrons. The second kappa shape index (κ2) is 7.34. The minimum absolute atomic E-state index is 0.156. The molecule has 1 unspecified atom stereocenters. The molecule has 1 aliphatic heterocycles. The number of methoxy groups -OCH3 is 1. The van der Waals surface area contributed by atoms with Gasteiger partial charge in [0.15, 0.2) is 0 Å². The largest absolute Gasteiger partial charge is 0.465 e. The molecular formula is C17H20N2O5S2. The van der Waals surface area contributed by atoms with E-state index >= 15 is 0 Å². The number of ether oxygens (including phenoxy) is 1. The van der Waals surface area contributed by atoms with Gasteiger partial charge in [0.2, 0.25) is 15.9 Å². The van der Waals surface area contributed by atoms with Crippen LogP contribution in [0.25, 0.3) is 10.1 Å². The Kier molecular flexibility index (Phi) is 5.31. The van der Waals surface area contributed by atoms with Crippen LogP contribution in [-0.4, -0.2) is 51.1 Å². The summed E-state index contributed by atoms with van der Waals surface area (Å²) in [5, 5.41) is 3.97. The van der Waals surface area contributed by atoms with Crippen LogP contribution in [0.1, 0.15) is 23.2 Å². The van der Waals surface area contributed by atoms with Crippen LogP contribution >= 0.6 is 11.3 Å². The van der Waals surface area contributed by atoms with E-state index in [0.717, 1.165) is 16.3 Å². The molecule has 9 heteroatoms. The topological polar surface area (TPSA) is 92.8 Å². The Morgan fingerprint density at radius 3 is 2.73 bits per heavy atom. The first-order chi connectivity index (χ1) is 12.3. The van der Waals surface area contributed by atoms with Gasteiger partial charge in [-0.05, 0) is 18.9 Å². The molecule has 0 bridgehead atoms. The van der Waals surface area contributed by atoms with Crippen LogP contribution < -0.4 is 5.32 Å². The van der Waals surface area contributed by atoms with E-state index in [1.807, 2.05) is 18.2 Å². The lowest BCUT2D eigenvalue weighted by molar-refractivity contribution is -0.120. The highest BCUT2D eigenvalue weighted by atomic mass is 32.2. The summed E-state index contributed by atoms with van der Waals surface area (Å²) < 4.78 is 30.5. The fourth-order valence-corrected chi connectivity index (χ4v) is 5.11. The van der Waals surface area contributed by atoms with Crippen molar-refractivity contribution < 1.29 is 22.7 Å². The third-order valence-corrected chi connectivity index (χ3v) is 6.80. The van der Waals surface area contributed by atoms with Crippen molar-refractivity contribution in [3.05, 3.63) is 29.8 Å². The smallest absolute Gasteiger partial charge is 0.341 e. The average molecular weight is 396 g/mol. The first-order valence-corrected chi connectivity index (χ1v) is 10.8. The number of benzene rings is 1. The normalized spacial score (nSPS) is 18.6. The number of hydrogen-bond acceptors (Lipinski definition) is 6. The standard InChI is InChI=1S/C17H20N2O5S2/c1-24-17(21)14-12-7-3-4-8-13(12)25-16(14)18-15(20)11-6-5-9-19(10-11)26(2,22)23/h3-4,7-8,11H,5-6,9-10H2,1-2H3,(H,18,20). The number of sulfonamides is 1. The second-order valence-electron chi connectivity index (χ2n) is 6.24. The minimum Gasteiger partial charge on any atom is -0.465 e. The Labute approximate surface area is 156 Å². The number of piperidine rings is 1. The molecular weight excluding hydrogens is 376 g/mol. The zero-order valence-corrected chi connectivity index (χ0v) is 16.2. The Morgan fingerprint density at radius 2 is 2.04 bits per heavy atom. The van der Waals surface area contributed by atoms with Gasteiger partial charge in [0, 0.05) is 23.2 Å². The lowest BCUT2D eigenvalue weighted by Gasteiger charge is -2.30. The van der Waals surface area contributed by atoms with Gasteiger partial charge < -0.3 is 10.1 Å². The maximum Gasteiger partial charge on any atom is 0.341 e. The molecule has 140 valence electrons. The van der Waals surface area contributed by atoms with Gasteiger partial charge >= 0.3 is 5.97 Å². The highest BCUT2D eigenvalue weighted by Crippen LogP contribution is 2.36. The molecule has 1 aliphatic rings. The van der Waals surface area contributed by atoms with Crippen molar-refractivity contribution in [2.24, 2.45) is 5.92 Å². The highest BCUT2D eigenvalue weighted by Gasteiger charge is 2.31. The number of rotatable bonds is 4. The quantitative estimate of drug-likeness (QED) is 0.801. The monoisotopic (exact) mass is 396 g/mol. The number of thiophene rings is 1. The van der Waals surface area contributed by atoms with Gasteiger partial charge in [0.25, 0.3) is 0 Å². The SMILES string of the molecule is COC(=O)c1c(NC(=O)C2CCCN(S(C)(=O)=O)C2)sc2ccccc12. The van der Waals surface area contributed by atoms with Crippen molar-refractivity contribution in [3.8, 4) is 0 Å². The van der Waals surface area contributed by atoms with Crippen molar-refractivity contribution in [1.29, 1.82) is 0 Å². The summed E-state index contributed by atoms with van der Waals surface area (Å²) in [4.78, 5) is 24.9. The molecule has 1 fully saturated rings. The molecule has 7 nitrogen and oxygen atoms in total. The zero-order chi connectivity index (χ0) is 18.9. The predicted octanol–water partition coefficient (Wildman–Crippen LogP) is 2.30. The van der Waals surface area contributed by atoms with Gasteiger partial charge in [0.1, 0.15) is 10.6 Å². The molecule has 0 saturated carbocycles. The van der Waals surface area contributed by atoms with Gasteiger partial charge in [-0.2, -0.15) is 0 Å². The number of amides is 1. The Bertz CT molecular complexity index is 951. The van der Waals surface area contributed by atoms with Crippen molar-refractivity contribution in [1.82, 2.24) is 4.31 Å². The average Bonchev–Trinajstić information content (AvgIpc) is 2.98. The number of anilines is 1. The van der Waals surface area contributed by atoms with E-state index < -0.39 is 21.9 Å². The Hall–Kier alpha value is -1.97. The van der Waals surface area contributed by atoms with Crippen molar-refractivity contribution in [2.75, 3.05) is 31.8 Å². The van der Waals surface area contributed by atoms with Crippen LogP contribution in [-0.2, 0) is 19.6 Å². The number of carbonyl (C=O) groups is 2. The third-order valence-electron chi connectivity index (χ3n) is 4.45. The maximum absolute atomic E-state index is 12.7. The molecule has 2 aromatic rings. The fraction of sp³-hybridized carbons (Fsp3) is 0.412. The number of nitrogens with zero attached hydrogens (tertiary/aromatic N) is 1. The van der Waals surface area contributed by atoms with Crippen LogP contribution in [0.15, 0.2) is 24.3 Å². The summed E-state index contributed by atoms with van der Waals surface area (Å²) in [6, 6.07) is 7.35. The van der Waals surface area contributed by atoms with Crippen molar-refractivity contribution >= 4 is 48.3 Å². The van der Waals surface area contributed by atoms with E-state index in [2.05, 4.69) is 5.32 Å². The summed E-state index contributed by atoms with van der Waals surface area (Å²) >= 11 is 1.30. The fourth-order valence-electron chi connectivity index (χ4n) is 3.11. The van der Waals surface area contributed by atoms with Crippen LogP contribution in [0.2, 0.25) is 0 Å². The highest BCUT2D eigenvalue weighted by molar-refractivity contribution is 7.88. The Morgan fingerprint density at radius 1 is 1.31 bits per heavy atom. The summed E-state index contributed by atoms with van der Waals surface area (Å²) in [7, 11) is -2.03. The molecule has 1 saturated heterocycles. The minimum atomic E-state index is -3.33. The van der Waals surface area contributed by atoms with Crippen LogP contribution in [0.5, 0.6) is 0 Å². The molecule has 1 amide bonds. The molecule has 0 aliphatic carbocycles. The summed E-state index contributed by atoms with van der Waals surface area (Å²) in [5.74, 6) is -1.25. The zero-order valence-electron chi connectivity index (χ0n) is 14.5. The van der Waals surface area contributed by atoms with Gasteiger partial charge in [0.05, 0.1) is 19.3 Å². The van der Waals surface area contributed by atoms with Crippen LogP contribution in [0, 0.1) is 5.92 Å². The molecule has 2 heterocycles. The van der Waals surface area contributed by atoms with Crippen LogP contribution in [0.3, 0.4) is 0 Å². The molecule has 1 atom stereocenters. The molecule has 1 aromatic heterocycles. The number of carbonyl (C=O) groups excluding carboxylic acids is 2. The molecule has 1 N–H and O–H groups in total. The van der Waals surface area contributed by atoms with E-state index in [0.29, 0.717) is 30.0 Å². The van der Waals surface area contributed by atoms with Crippen molar-refractivity contribution in [3.63, 3.8) is 0 Å². The maximum atomic E-state index is 12.7. The van der Waals surface area contributed by atoms with E-state index in [9.17, 15) is 18.0 Å². The first-order valence-electron chi connectivity index (χ1n) is 8.17. The van der Waals surface area contributed by atoms with Gasteiger partial charge in [-0.15, -0.1) is 11.3 Å².